The fourth-order valence-electron chi connectivity index (χ4n) is 2.74. The van der Waals surface area contributed by atoms with Crippen molar-refractivity contribution in [1.29, 1.82) is 0 Å². The van der Waals surface area contributed by atoms with E-state index < -0.39 is 0 Å². The summed E-state index contributed by atoms with van der Waals surface area (Å²) in [6.07, 6.45) is 0. The molecule has 0 saturated heterocycles. The number of anilines is 1. The molecule has 0 saturated carbocycles. The SMILES string of the molecule is COc1ccc(OCC(=O)Nc2cccc(-c3nc4ccccc4s3)c2)cc1. The summed E-state index contributed by atoms with van der Waals surface area (Å²) in [5.74, 6) is 1.12. The minimum atomic E-state index is -0.225. The Labute approximate surface area is 166 Å². The number of hydrogen-bond donors (Lipinski definition) is 1. The number of methoxy groups -OCH3 is 1. The Kier molecular flexibility index (Phi) is 5.21. The van der Waals surface area contributed by atoms with Crippen LogP contribution in [0.3, 0.4) is 0 Å². The number of nitrogens with zero attached hydrogens (tertiary/aromatic N) is 1. The van der Waals surface area contributed by atoms with Crippen molar-refractivity contribution in [3.63, 3.8) is 0 Å². The second-order valence-corrected chi connectivity index (χ2v) is 7.11. The molecule has 1 aromatic heterocycles. The summed E-state index contributed by atoms with van der Waals surface area (Å²) in [5.41, 5.74) is 2.65. The molecule has 0 atom stereocenters. The first-order valence-electron chi connectivity index (χ1n) is 8.74. The highest BCUT2D eigenvalue weighted by atomic mass is 32.1. The van der Waals surface area contributed by atoms with Gasteiger partial charge < -0.3 is 14.8 Å². The van der Waals surface area contributed by atoms with Gasteiger partial charge in [-0.15, -0.1) is 11.3 Å². The number of hydrogen-bond acceptors (Lipinski definition) is 5. The normalized spacial score (nSPS) is 10.6. The van der Waals surface area contributed by atoms with E-state index >= 15 is 0 Å². The van der Waals surface area contributed by atoms with Crippen molar-refractivity contribution in [2.24, 2.45) is 0 Å². The van der Waals surface area contributed by atoms with Crippen LogP contribution in [0, 0.1) is 0 Å². The van der Waals surface area contributed by atoms with Gasteiger partial charge in [-0.25, -0.2) is 4.98 Å². The summed E-state index contributed by atoms with van der Waals surface area (Å²) in [6, 6.07) is 22.8. The van der Waals surface area contributed by atoms with Crippen LogP contribution in [0.4, 0.5) is 5.69 Å². The molecule has 0 radical (unpaired) electrons. The molecule has 1 amide bonds. The number of thiazole rings is 1. The van der Waals surface area contributed by atoms with Crippen LogP contribution >= 0.6 is 11.3 Å². The fraction of sp³-hybridized carbons (Fsp3) is 0.0909. The highest BCUT2D eigenvalue weighted by Gasteiger charge is 2.08. The number of aromatic nitrogens is 1. The van der Waals surface area contributed by atoms with Gasteiger partial charge in [0, 0.05) is 11.3 Å². The number of benzene rings is 3. The van der Waals surface area contributed by atoms with Crippen LogP contribution in [0.5, 0.6) is 11.5 Å². The fourth-order valence-corrected chi connectivity index (χ4v) is 3.71. The van der Waals surface area contributed by atoms with Crippen molar-refractivity contribution in [3.05, 3.63) is 72.8 Å². The van der Waals surface area contributed by atoms with Gasteiger partial charge in [0.25, 0.3) is 5.91 Å². The lowest BCUT2D eigenvalue weighted by atomic mass is 10.2. The smallest absolute Gasteiger partial charge is 0.262 e. The molecule has 0 spiro atoms. The molecule has 6 heteroatoms. The van der Waals surface area contributed by atoms with E-state index in [1.54, 1.807) is 42.7 Å². The molecule has 4 rings (SSSR count). The average Bonchev–Trinajstić information content (AvgIpc) is 3.17. The van der Waals surface area contributed by atoms with Crippen LogP contribution in [0.1, 0.15) is 0 Å². The molecule has 0 aliphatic heterocycles. The molecule has 0 bridgehead atoms. The predicted molar refractivity (Wildman–Crippen MR) is 112 cm³/mol. The van der Waals surface area contributed by atoms with Crippen LogP contribution < -0.4 is 14.8 Å². The molecule has 3 aromatic carbocycles. The summed E-state index contributed by atoms with van der Waals surface area (Å²) in [5, 5.41) is 3.79. The zero-order chi connectivity index (χ0) is 19.3. The lowest BCUT2D eigenvalue weighted by molar-refractivity contribution is -0.118. The Bertz CT molecular complexity index is 1070. The van der Waals surface area contributed by atoms with Gasteiger partial charge in [-0.2, -0.15) is 0 Å². The minimum Gasteiger partial charge on any atom is -0.497 e. The molecule has 1 heterocycles. The number of para-hydroxylation sites is 1. The summed E-state index contributed by atoms with van der Waals surface area (Å²) in [7, 11) is 1.60. The Morgan fingerprint density at radius 2 is 1.79 bits per heavy atom. The number of nitrogens with one attached hydrogen (secondary N) is 1. The average molecular weight is 390 g/mol. The van der Waals surface area contributed by atoms with Gasteiger partial charge in [-0.1, -0.05) is 24.3 Å². The van der Waals surface area contributed by atoms with Crippen LogP contribution in [0.15, 0.2) is 72.8 Å². The van der Waals surface area contributed by atoms with E-state index in [9.17, 15) is 4.79 Å². The van der Waals surface area contributed by atoms with Crippen molar-refractivity contribution in [2.75, 3.05) is 19.0 Å². The standard InChI is InChI=1S/C22H18N2O3S/c1-26-17-9-11-18(12-10-17)27-14-21(25)23-16-6-4-5-15(13-16)22-24-19-7-2-3-8-20(19)28-22/h2-13H,14H2,1H3,(H,23,25). The maximum absolute atomic E-state index is 12.2. The van der Waals surface area contributed by atoms with E-state index in [0.29, 0.717) is 11.4 Å². The summed E-state index contributed by atoms with van der Waals surface area (Å²) in [6.45, 7) is -0.0717. The Morgan fingerprint density at radius 3 is 2.57 bits per heavy atom. The Hall–Kier alpha value is -3.38. The molecular weight excluding hydrogens is 372 g/mol. The quantitative estimate of drug-likeness (QED) is 0.504. The summed E-state index contributed by atoms with van der Waals surface area (Å²) < 4.78 is 11.8. The van der Waals surface area contributed by atoms with E-state index in [2.05, 4.69) is 16.4 Å². The van der Waals surface area contributed by atoms with Crippen molar-refractivity contribution >= 4 is 33.1 Å². The molecule has 28 heavy (non-hydrogen) atoms. The maximum Gasteiger partial charge on any atom is 0.262 e. The molecule has 0 aliphatic carbocycles. The number of fused-ring (bicyclic) bond motifs is 1. The first-order chi connectivity index (χ1) is 13.7. The van der Waals surface area contributed by atoms with Crippen LogP contribution in [0.2, 0.25) is 0 Å². The van der Waals surface area contributed by atoms with Crippen LogP contribution in [-0.4, -0.2) is 24.6 Å². The molecule has 4 aromatic rings. The van der Waals surface area contributed by atoms with Crippen LogP contribution in [0.25, 0.3) is 20.8 Å². The largest absolute Gasteiger partial charge is 0.497 e. The Balaban J connectivity index is 1.41. The molecule has 0 aliphatic rings. The van der Waals surface area contributed by atoms with Gasteiger partial charge in [-0.05, 0) is 48.5 Å². The number of carbonyl (C=O) groups is 1. The predicted octanol–water partition coefficient (Wildman–Crippen LogP) is 4.99. The number of carbonyl (C=O) groups excluding carboxylic acids is 1. The second-order valence-electron chi connectivity index (χ2n) is 6.08. The third kappa shape index (κ3) is 4.13. The third-order valence-corrected chi connectivity index (χ3v) is 5.20. The van der Waals surface area contributed by atoms with E-state index in [0.717, 1.165) is 26.5 Å². The van der Waals surface area contributed by atoms with E-state index in [4.69, 9.17) is 9.47 Å². The zero-order valence-electron chi connectivity index (χ0n) is 15.2. The van der Waals surface area contributed by atoms with E-state index in [1.807, 2.05) is 42.5 Å². The number of ether oxygens (including phenoxy) is 2. The van der Waals surface area contributed by atoms with Gasteiger partial charge in [0.05, 0.1) is 17.3 Å². The number of amides is 1. The van der Waals surface area contributed by atoms with Gasteiger partial charge in [-0.3, -0.25) is 4.79 Å². The monoisotopic (exact) mass is 390 g/mol. The lowest BCUT2D eigenvalue weighted by Gasteiger charge is -2.09. The van der Waals surface area contributed by atoms with Crippen LogP contribution in [-0.2, 0) is 4.79 Å². The maximum atomic E-state index is 12.2. The van der Waals surface area contributed by atoms with Crippen molar-refractivity contribution in [3.8, 4) is 22.1 Å². The minimum absolute atomic E-state index is 0.0717. The highest BCUT2D eigenvalue weighted by Crippen LogP contribution is 2.31. The number of rotatable bonds is 6. The van der Waals surface area contributed by atoms with Gasteiger partial charge in [0.15, 0.2) is 6.61 Å². The van der Waals surface area contributed by atoms with Gasteiger partial charge >= 0.3 is 0 Å². The summed E-state index contributed by atoms with van der Waals surface area (Å²) >= 11 is 1.63. The second kappa shape index (κ2) is 8.10. The molecule has 0 fully saturated rings. The van der Waals surface area contributed by atoms with Crippen molar-refractivity contribution < 1.29 is 14.3 Å². The lowest BCUT2D eigenvalue weighted by Crippen LogP contribution is -2.20. The van der Waals surface area contributed by atoms with Crippen molar-refractivity contribution in [2.45, 2.75) is 0 Å². The molecular formula is C22H18N2O3S. The molecule has 140 valence electrons. The van der Waals surface area contributed by atoms with E-state index in [1.165, 1.54) is 0 Å². The van der Waals surface area contributed by atoms with Gasteiger partial charge in [0.2, 0.25) is 0 Å². The van der Waals surface area contributed by atoms with Gasteiger partial charge in [0.1, 0.15) is 16.5 Å². The molecule has 5 nitrogen and oxygen atoms in total. The zero-order valence-corrected chi connectivity index (χ0v) is 16.0. The van der Waals surface area contributed by atoms with E-state index in [-0.39, 0.29) is 12.5 Å². The van der Waals surface area contributed by atoms with Crippen molar-refractivity contribution in [1.82, 2.24) is 4.98 Å². The Morgan fingerprint density at radius 1 is 1.00 bits per heavy atom. The first-order valence-corrected chi connectivity index (χ1v) is 9.55. The highest BCUT2D eigenvalue weighted by molar-refractivity contribution is 7.21. The first kappa shape index (κ1) is 18.0. The third-order valence-electron chi connectivity index (χ3n) is 4.12. The summed E-state index contributed by atoms with van der Waals surface area (Å²) in [4.78, 5) is 16.9. The topological polar surface area (TPSA) is 60.5 Å². The molecule has 0 unspecified atom stereocenters. The molecule has 1 N–H and O–H groups in total.